The number of ether oxygens (including phenoxy) is 1. The van der Waals surface area contributed by atoms with Crippen LogP contribution < -0.4 is 5.32 Å². The second kappa shape index (κ2) is 5.65. The SMILES string of the molecule is CC(C)c1nnc(NC(=O)N2CCO[C@H]3CCC[C@H]32)s1. The van der Waals surface area contributed by atoms with Gasteiger partial charge in [0.15, 0.2) is 0 Å². The Balaban J connectivity index is 1.65. The highest BCUT2D eigenvalue weighted by atomic mass is 32.1. The van der Waals surface area contributed by atoms with Crippen LogP contribution in [0.25, 0.3) is 0 Å². The zero-order valence-corrected chi connectivity index (χ0v) is 12.7. The van der Waals surface area contributed by atoms with E-state index in [-0.39, 0.29) is 18.2 Å². The third-order valence-corrected chi connectivity index (χ3v) is 5.03. The molecule has 1 saturated heterocycles. The maximum Gasteiger partial charge on any atom is 0.324 e. The number of nitrogens with zero attached hydrogens (tertiary/aromatic N) is 3. The fraction of sp³-hybridized carbons (Fsp3) is 0.769. The minimum atomic E-state index is -0.0725. The fourth-order valence-electron chi connectivity index (χ4n) is 2.86. The Morgan fingerprint density at radius 2 is 2.30 bits per heavy atom. The molecule has 0 aromatic carbocycles. The number of anilines is 1. The van der Waals surface area contributed by atoms with Gasteiger partial charge in [0, 0.05) is 12.5 Å². The summed E-state index contributed by atoms with van der Waals surface area (Å²) >= 11 is 1.45. The number of morpholine rings is 1. The first-order valence-electron chi connectivity index (χ1n) is 7.18. The Morgan fingerprint density at radius 3 is 3.05 bits per heavy atom. The molecule has 1 aliphatic heterocycles. The van der Waals surface area contributed by atoms with Crippen molar-refractivity contribution in [3.05, 3.63) is 5.01 Å². The quantitative estimate of drug-likeness (QED) is 0.910. The number of hydrogen-bond donors (Lipinski definition) is 1. The second-order valence-corrected chi connectivity index (χ2v) is 6.64. The van der Waals surface area contributed by atoms with Crippen LogP contribution in [-0.2, 0) is 4.74 Å². The third-order valence-electron chi connectivity index (χ3n) is 3.89. The van der Waals surface area contributed by atoms with E-state index in [4.69, 9.17) is 4.74 Å². The van der Waals surface area contributed by atoms with Crippen molar-refractivity contribution < 1.29 is 9.53 Å². The topological polar surface area (TPSA) is 67.4 Å². The van der Waals surface area contributed by atoms with Crippen LogP contribution in [0.15, 0.2) is 0 Å². The van der Waals surface area contributed by atoms with Crippen molar-refractivity contribution in [3.8, 4) is 0 Å². The monoisotopic (exact) mass is 296 g/mol. The molecule has 0 unspecified atom stereocenters. The normalized spacial score (nSPS) is 25.9. The van der Waals surface area contributed by atoms with E-state index in [1.807, 2.05) is 4.90 Å². The maximum atomic E-state index is 12.4. The first-order chi connectivity index (χ1) is 9.65. The van der Waals surface area contributed by atoms with Gasteiger partial charge in [-0.05, 0) is 19.3 Å². The molecule has 0 spiro atoms. The molecule has 2 fully saturated rings. The lowest BCUT2D eigenvalue weighted by Crippen LogP contribution is -2.52. The summed E-state index contributed by atoms with van der Waals surface area (Å²) in [5.41, 5.74) is 0. The Labute approximate surface area is 122 Å². The molecule has 20 heavy (non-hydrogen) atoms. The molecule has 2 atom stereocenters. The number of aromatic nitrogens is 2. The van der Waals surface area contributed by atoms with Gasteiger partial charge in [0.05, 0.1) is 18.8 Å². The number of hydrogen-bond acceptors (Lipinski definition) is 5. The van der Waals surface area contributed by atoms with Crippen LogP contribution >= 0.6 is 11.3 Å². The van der Waals surface area contributed by atoms with Crippen molar-refractivity contribution in [2.45, 2.75) is 51.2 Å². The molecule has 0 bridgehead atoms. The summed E-state index contributed by atoms with van der Waals surface area (Å²) in [6.45, 7) is 5.42. The van der Waals surface area contributed by atoms with Crippen LogP contribution in [0.2, 0.25) is 0 Å². The molecule has 1 aromatic heterocycles. The summed E-state index contributed by atoms with van der Waals surface area (Å²) in [7, 11) is 0. The summed E-state index contributed by atoms with van der Waals surface area (Å²) in [5.74, 6) is 0.334. The van der Waals surface area contributed by atoms with Crippen molar-refractivity contribution in [3.63, 3.8) is 0 Å². The van der Waals surface area contributed by atoms with Crippen molar-refractivity contribution >= 4 is 22.5 Å². The Bertz CT molecular complexity index is 490. The van der Waals surface area contributed by atoms with Gasteiger partial charge < -0.3 is 9.64 Å². The summed E-state index contributed by atoms with van der Waals surface area (Å²) in [4.78, 5) is 14.3. The molecule has 0 radical (unpaired) electrons. The standard InChI is InChI=1S/C13H20N4O2S/c1-8(2)11-15-16-12(20-11)14-13(18)17-6-7-19-10-5-3-4-9(10)17/h8-10H,3-7H2,1-2H3,(H,14,16,18)/t9-,10+/m1/s1. The van der Waals surface area contributed by atoms with Gasteiger partial charge in [0.1, 0.15) is 5.01 Å². The van der Waals surface area contributed by atoms with E-state index in [0.717, 1.165) is 24.3 Å². The third kappa shape index (κ3) is 2.64. The van der Waals surface area contributed by atoms with Crippen LogP contribution in [-0.4, -0.2) is 46.4 Å². The molecule has 110 valence electrons. The van der Waals surface area contributed by atoms with Crippen LogP contribution in [0.4, 0.5) is 9.93 Å². The number of carbonyl (C=O) groups excluding carboxylic acids is 1. The van der Waals surface area contributed by atoms with E-state index in [9.17, 15) is 4.79 Å². The number of fused-ring (bicyclic) bond motifs is 1. The van der Waals surface area contributed by atoms with Gasteiger partial charge >= 0.3 is 6.03 Å². The predicted molar refractivity (Wildman–Crippen MR) is 77.1 cm³/mol. The fourth-order valence-corrected chi connectivity index (χ4v) is 3.59. The Hall–Kier alpha value is -1.21. The smallest absolute Gasteiger partial charge is 0.324 e. The lowest BCUT2D eigenvalue weighted by Gasteiger charge is -2.37. The van der Waals surface area contributed by atoms with E-state index in [1.165, 1.54) is 11.3 Å². The number of amides is 2. The lowest BCUT2D eigenvalue weighted by atomic mass is 10.1. The van der Waals surface area contributed by atoms with Gasteiger partial charge in [-0.2, -0.15) is 0 Å². The molecule has 3 rings (SSSR count). The summed E-state index contributed by atoms with van der Waals surface area (Å²) in [5, 5.41) is 12.5. The molecule has 7 heteroatoms. The largest absolute Gasteiger partial charge is 0.374 e. The highest BCUT2D eigenvalue weighted by molar-refractivity contribution is 7.15. The van der Waals surface area contributed by atoms with Crippen molar-refractivity contribution in [2.75, 3.05) is 18.5 Å². The molecule has 1 N–H and O–H groups in total. The molecular weight excluding hydrogens is 276 g/mol. The first kappa shape index (κ1) is 13.8. The zero-order valence-electron chi connectivity index (χ0n) is 11.8. The molecule has 1 aliphatic carbocycles. The highest BCUT2D eigenvalue weighted by Crippen LogP contribution is 2.30. The molecular formula is C13H20N4O2S. The zero-order chi connectivity index (χ0) is 14.1. The van der Waals surface area contributed by atoms with E-state index < -0.39 is 0 Å². The van der Waals surface area contributed by atoms with Gasteiger partial charge in [0.2, 0.25) is 5.13 Å². The Kier molecular flexibility index (Phi) is 3.89. The number of urea groups is 1. The van der Waals surface area contributed by atoms with Crippen LogP contribution in [0, 0.1) is 0 Å². The van der Waals surface area contributed by atoms with Gasteiger partial charge in [-0.1, -0.05) is 25.2 Å². The van der Waals surface area contributed by atoms with Gasteiger partial charge in [-0.25, -0.2) is 4.79 Å². The minimum Gasteiger partial charge on any atom is -0.374 e. The summed E-state index contributed by atoms with van der Waals surface area (Å²) in [6.07, 6.45) is 3.45. The van der Waals surface area contributed by atoms with Crippen LogP contribution in [0.3, 0.4) is 0 Å². The molecule has 2 heterocycles. The van der Waals surface area contributed by atoms with Gasteiger partial charge in [-0.3, -0.25) is 5.32 Å². The van der Waals surface area contributed by atoms with Crippen LogP contribution in [0.1, 0.15) is 44.0 Å². The van der Waals surface area contributed by atoms with Crippen LogP contribution in [0.5, 0.6) is 0 Å². The Morgan fingerprint density at radius 1 is 1.45 bits per heavy atom. The van der Waals surface area contributed by atoms with E-state index in [1.54, 1.807) is 0 Å². The molecule has 6 nitrogen and oxygen atoms in total. The predicted octanol–water partition coefficient (Wildman–Crippen LogP) is 2.45. The summed E-state index contributed by atoms with van der Waals surface area (Å²) < 4.78 is 5.72. The van der Waals surface area contributed by atoms with Gasteiger partial charge in [0.25, 0.3) is 0 Å². The van der Waals surface area contributed by atoms with Crippen molar-refractivity contribution in [1.82, 2.24) is 15.1 Å². The molecule has 2 amide bonds. The minimum absolute atomic E-state index is 0.0725. The molecule has 1 aromatic rings. The number of nitrogens with one attached hydrogen (secondary N) is 1. The molecule has 2 aliphatic rings. The highest BCUT2D eigenvalue weighted by Gasteiger charge is 2.38. The van der Waals surface area contributed by atoms with E-state index in [0.29, 0.717) is 24.2 Å². The van der Waals surface area contributed by atoms with Crippen molar-refractivity contribution in [1.29, 1.82) is 0 Å². The van der Waals surface area contributed by atoms with Crippen molar-refractivity contribution in [2.24, 2.45) is 0 Å². The van der Waals surface area contributed by atoms with Gasteiger partial charge in [-0.15, -0.1) is 10.2 Å². The number of carbonyl (C=O) groups is 1. The summed E-state index contributed by atoms with van der Waals surface area (Å²) in [6, 6.07) is 0.151. The van der Waals surface area contributed by atoms with E-state index in [2.05, 4.69) is 29.4 Å². The lowest BCUT2D eigenvalue weighted by molar-refractivity contribution is -0.0362. The first-order valence-corrected chi connectivity index (χ1v) is 7.99. The molecule has 1 saturated carbocycles. The van der Waals surface area contributed by atoms with E-state index >= 15 is 0 Å². The maximum absolute atomic E-state index is 12.4. The average molecular weight is 296 g/mol. The number of rotatable bonds is 2. The average Bonchev–Trinajstić information content (AvgIpc) is 3.05. The second-order valence-electron chi connectivity index (χ2n) is 5.63.